The Hall–Kier alpha value is -1.83. The van der Waals surface area contributed by atoms with Gasteiger partial charge in [0, 0.05) is 24.2 Å². The molecule has 2 aromatic rings. The molecule has 1 unspecified atom stereocenters. The van der Waals surface area contributed by atoms with E-state index in [0.717, 1.165) is 29.8 Å². The van der Waals surface area contributed by atoms with Crippen LogP contribution in [0.1, 0.15) is 28.4 Å². The van der Waals surface area contributed by atoms with Gasteiger partial charge in [0.15, 0.2) is 0 Å². The first-order valence-corrected chi connectivity index (χ1v) is 6.79. The van der Waals surface area contributed by atoms with Crippen LogP contribution in [0.15, 0.2) is 42.5 Å². The molecule has 0 bridgehead atoms. The second-order valence-corrected chi connectivity index (χ2v) is 5.22. The molecule has 0 saturated heterocycles. The minimum Gasteiger partial charge on any atom is -0.384 e. The summed E-state index contributed by atoms with van der Waals surface area (Å²) in [5, 5.41) is 3.31. The molecular weight excluding hydrogens is 237 g/mol. The Morgan fingerprint density at radius 2 is 2.05 bits per heavy atom. The highest BCUT2D eigenvalue weighted by Crippen LogP contribution is 2.34. The van der Waals surface area contributed by atoms with Crippen molar-refractivity contribution in [2.75, 3.05) is 11.9 Å². The van der Waals surface area contributed by atoms with E-state index in [9.17, 15) is 4.39 Å². The number of anilines is 1. The van der Waals surface area contributed by atoms with E-state index in [1.165, 1.54) is 11.1 Å². The number of rotatable bonds is 3. The zero-order chi connectivity index (χ0) is 13.2. The highest BCUT2D eigenvalue weighted by atomic mass is 19.1. The van der Waals surface area contributed by atoms with Crippen LogP contribution in [0.3, 0.4) is 0 Å². The standard InChI is InChI=1S/C17H18FN/c1-12-4-2-5-13(10-12)11-16(18)15-7-3-6-14-8-9-19-17(14)15/h2-7,10,16,19H,8-9,11H2,1H3. The van der Waals surface area contributed by atoms with Crippen LogP contribution in [0.5, 0.6) is 0 Å². The van der Waals surface area contributed by atoms with Gasteiger partial charge in [-0.3, -0.25) is 0 Å². The lowest BCUT2D eigenvalue weighted by molar-refractivity contribution is 0.343. The van der Waals surface area contributed by atoms with Gasteiger partial charge in [0.05, 0.1) is 0 Å². The lowest BCUT2D eigenvalue weighted by atomic mass is 9.98. The van der Waals surface area contributed by atoms with Crippen molar-refractivity contribution >= 4 is 5.69 Å². The van der Waals surface area contributed by atoms with Gasteiger partial charge in [-0.25, -0.2) is 4.39 Å². The first-order chi connectivity index (χ1) is 9.24. The highest BCUT2D eigenvalue weighted by molar-refractivity contribution is 5.62. The fourth-order valence-electron chi connectivity index (χ4n) is 2.78. The van der Waals surface area contributed by atoms with Crippen molar-refractivity contribution in [3.8, 4) is 0 Å². The summed E-state index contributed by atoms with van der Waals surface area (Å²) in [4.78, 5) is 0. The third-order valence-corrected chi connectivity index (χ3v) is 3.71. The van der Waals surface area contributed by atoms with Crippen LogP contribution < -0.4 is 5.32 Å². The van der Waals surface area contributed by atoms with Gasteiger partial charge in [-0.1, -0.05) is 48.0 Å². The van der Waals surface area contributed by atoms with Crippen molar-refractivity contribution in [1.29, 1.82) is 0 Å². The molecule has 1 atom stereocenters. The van der Waals surface area contributed by atoms with Gasteiger partial charge in [-0.15, -0.1) is 0 Å². The van der Waals surface area contributed by atoms with Crippen molar-refractivity contribution in [3.05, 3.63) is 64.7 Å². The first kappa shape index (κ1) is 12.2. The monoisotopic (exact) mass is 255 g/mol. The number of fused-ring (bicyclic) bond motifs is 1. The van der Waals surface area contributed by atoms with Crippen LogP contribution in [0.25, 0.3) is 0 Å². The number of benzene rings is 2. The number of halogens is 1. The van der Waals surface area contributed by atoms with Gasteiger partial charge in [0.25, 0.3) is 0 Å². The summed E-state index contributed by atoms with van der Waals surface area (Å²) in [6, 6.07) is 14.0. The smallest absolute Gasteiger partial charge is 0.131 e. The molecule has 98 valence electrons. The second-order valence-electron chi connectivity index (χ2n) is 5.22. The Morgan fingerprint density at radius 1 is 1.21 bits per heavy atom. The summed E-state index contributed by atoms with van der Waals surface area (Å²) in [6.07, 6.45) is 0.502. The summed E-state index contributed by atoms with van der Waals surface area (Å²) >= 11 is 0. The minimum absolute atomic E-state index is 0.444. The average molecular weight is 255 g/mol. The number of aryl methyl sites for hydroxylation is 1. The number of alkyl halides is 1. The molecule has 3 rings (SSSR count). The molecule has 0 spiro atoms. The van der Waals surface area contributed by atoms with Crippen molar-refractivity contribution in [3.63, 3.8) is 0 Å². The number of hydrogen-bond donors (Lipinski definition) is 1. The summed E-state index contributed by atoms with van der Waals surface area (Å²) in [5.41, 5.74) is 5.30. The summed E-state index contributed by atoms with van der Waals surface area (Å²) < 4.78 is 14.6. The number of hydrogen-bond acceptors (Lipinski definition) is 1. The molecule has 1 N–H and O–H groups in total. The molecule has 2 heteroatoms. The van der Waals surface area contributed by atoms with Crippen molar-refractivity contribution in [2.24, 2.45) is 0 Å². The predicted octanol–water partition coefficient (Wildman–Crippen LogP) is 4.22. The van der Waals surface area contributed by atoms with E-state index in [1.54, 1.807) is 0 Å². The van der Waals surface area contributed by atoms with Crippen LogP contribution in [-0.2, 0) is 12.8 Å². The molecule has 19 heavy (non-hydrogen) atoms. The van der Waals surface area contributed by atoms with Crippen LogP contribution in [0.2, 0.25) is 0 Å². The molecular formula is C17H18FN. The predicted molar refractivity (Wildman–Crippen MR) is 77.4 cm³/mol. The van der Waals surface area contributed by atoms with E-state index in [0.29, 0.717) is 6.42 Å². The van der Waals surface area contributed by atoms with E-state index < -0.39 is 6.17 Å². The van der Waals surface area contributed by atoms with E-state index >= 15 is 0 Å². The van der Waals surface area contributed by atoms with Crippen LogP contribution in [0.4, 0.5) is 10.1 Å². The Morgan fingerprint density at radius 3 is 2.89 bits per heavy atom. The zero-order valence-corrected chi connectivity index (χ0v) is 11.1. The molecule has 1 heterocycles. The molecule has 0 radical (unpaired) electrons. The maximum absolute atomic E-state index is 14.6. The van der Waals surface area contributed by atoms with Gasteiger partial charge in [0.1, 0.15) is 6.17 Å². The zero-order valence-electron chi connectivity index (χ0n) is 11.1. The first-order valence-electron chi connectivity index (χ1n) is 6.79. The van der Waals surface area contributed by atoms with E-state index in [4.69, 9.17) is 0 Å². The maximum atomic E-state index is 14.6. The van der Waals surface area contributed by atoms with Gasteiger partial charge in [-0.05, 0) is 24.5 Å². The Kier molecular flexibility index (Phi) is 3.24. The molecule has 0 aliphatic carbocycles. The SMILES string of the molecule is Cc1cccc(CC(F)c2cccc3c2NCC3)c1. The van der Waals surface area contributed by atoms with Crippen LogP contribution in [-0.4, -0.2) is 6.54 Å². The average Bonchev–Trinajstić information content (AvgIpc) is 2.86. The Balaban J connectivity index is 1.85. The van der Waals surface area contributed by atoms with E-state index in [-0.39, 0.29) is 0 Å². The number of para-hydroxylation sites is 1. The van der Waals surface area contributed by atoms with Gasteiger partial charge in [-0.2, -0.15) is 0 Å². The Bertz CT molecular complexity index is 592. The van der Waals surface area contributed by atoms with Gasteiger partial charge in [0.2, 0.25) is 0 Å². The normalized spacial score (nSPS) is 14.8. The van der Waals surface area contributed by atoms with Gasteiger partial charge < -0.3 is 5.32 Å². The topological polar surface area (TPSA) is 12.0 Å². The summed E-state index contributed by atoms with van der Waals surface area (Å²) in [7, 11) is 0. The lowest BCUT2D eigenvalue weighted by Crippen LogP contribution is -2.02. The third-order valence-electron chi connectivity index (χ3n) is 3.71. The Labute approximate surface area is 113 Å². The summed E-state index contributed by atoms with van der Waals surface area (Å²) in [5.74, 6) is 0. The van der Waals surface area contributed by atoms with E-state index in [2.05, 4.69) is 17.4 Å². The lowest BCUT2D eigenvalue weighted by Gasteiger charge is -2.14. The third kappa shape index (κ3) is 2.48. The number of nitrogens with one attached hydrogen (secondary N) is 1. The quantitative estimate of drug-likeness (QED) is 0.866. The van der Waals surface area contributed by atoms with Gasteiger partial charge >= 0.3 is 0 Å². The van der Waals surface area contributed by atoms with Crippen molar-refractivity contribution < 1.29 is 4.39 Å². The molecule has 1 aliphatic heterocycles. The molecule has 0 fully saturated rings. The van der Waals surface area contributed by atoms with E-state index in [1.807, 2.05) is 37.3 Å². The van der Waals surface area contributed by atoms with Crippen molar-refractivity contribution in [2.45, 2.75) is 25.9 Å². The molecule has 0 amide bonds. The van der Waals surface area contributed by atoms with Crippen molar-refractivity contribution in [1.82, 2.24) is 0 Å². The summed E-state index contributed by atoms with van der Waals surface area (Å²) in [6.45, 7) is 2.96. The highest BCUT2D eigenvalue weighted by Gasteiger charge is 2.20. The molecule has 0 aromatic heterocycles. The maximum Gasteiger partial charge on any atom is 0.131 e. The fraction of sp³-hybridized carbons (Fsp3) is 0.294. The van der Waals surface area contributed by atoms with Crippen LogP contribution in [0, 0.1) is 6.92 Å². The molecule has 1 nitrogen and oxygen atoms in total. The molecule has 1 aliphatic rings. The minimum atomic E-state index is -0.942. The van der Waals surface area contributed by atoms with Crippen LogP contribution >= 0.6 is 0 Å². The molecule has 2 aromatic carbocycles. The second kappa shape index (κ2) is 5.04. The largest absolute Gasteiger partial charge is 0.384 e. The molecule has 0 saturated carbocycles. The fourth-order valence-corrected chi connectivity index (χ4v) is 2.78.